The summed E-state index contributed by atoms with van der Waals surface area (Å²) in [5.74, 6) is -0.911. The number of nitrogens with zero attached hydrogens (tertiary/aromatic N) is 4. The second-order valence-electron chi connectivity index (χ2n) is 6.29. The first-order valence-electron chi connectivity index (χ1n) is 8.52. The van der Waals surface area contributed by atoms with E-state index in [0.29, 0.717) is 23.7 Å². The molecule has 2 aromatic rings. The summed E-state index contributed by atoms with van der Waals surface area (Å²) in [6.07, 6.45) is 6.56. The normalized spacial score (nSPS) is 15.5. The van der Waals surface area contributed by atoms with Crippen molar-refractivity contribution < 1.29 is 14.7 Å². The maximum absolute atomic E-state index is 12.6. The van der Waals surface area contributed by atoms with Crippen molar-refractivity contribution in [1.82, 2.24) is 19.7 Å². The molecule has 1 saturated heterocycles. The van der Waals surface area contributed by atoms with Gasteiger partial charge >= 0.3 is 5.97 Å². The van der Waals surface area contributed by atoms with Crippen LogP contribution in [0.15, 0.2) is 12.4 Å². The van der Waals surface area contributed by atoms with E-state index < -0.39 is 5.97 Å². The van der Waals surface area contributed by atoms with E-state index in [2.05, 4.69) is 17.0 Å². The fraction of sp³-hybridized carbons (Fsp3) is 0.529. The predicted molar refractivity (Wildman–Crippen MR) is 94.2 cm³/mol. The Balaban J connectivity index is 1.63. The van der Waals surface area contributed by atoms with E-state index in [1.54, 1.807) is 17.8 Å². The van der Waals surface area contributed by atoms with Crippen LogP contribution in [0.5, 0.6) is 0 Å². The molecule has 0 aliphatic carbocycles. The maximum Gasteiger partial charge on any atom is 0.339 e. The second kappa shape index (κ2) is 7.35. The van der Waals surface area contributed by atoms with Crippen LogP contribution in [0.2, 0.25) is 0 Å². The van der Waals surface area contributed by atoms with E-state index in [4.69, 9.17) is 5.11 Å². The van der Waals surface area contributed by atoms with Crippen molar-refractivity contribution in [2.75, 3.05) is 13.1 Å². The Bertz CT molecular complexity index is 775. The molecule has 1 aliphatic rings. The van der Waals surface area contributed by atoms with E-state index in [1.807, 2.05) is 4.90 Å². The van der Waals surface area contributed by atoms with Crippen molar-refractivity contribution >= 4 is 23.2 Å². The van der Waals surface area contributed by atoms with Gasteiger partial charge in [-0.2, -0.15) is 5.10 Å². The number of hydrogen-bond acceptors (Lipinski definition) is 5. The molecule has 1 amide bonds. The lowest BCUT2D eigenvalue weighted by atomic mass is 10.0. The van der Waals surface area contributed by atoms with Crippen LogP contribution in [0.25, 0.3) is 0 Å². The molecule has 0 bridgehead atoms. The smallest absolute Gasteiger partial charge is 0.339 e. The number of aromatic nitrogens is 3. The first-order chi connectivity index (χ1) is 12.0. The number of carbonyl (C=O) groups is 2. The number of likely N-dealkylation sites (tertiary alicyclic amines) is 1. The zero-order valence-corrected chi connectivity index (χ0v) is 15.3. The van der Waals surface area contributed by atoms with E-state index in [0.717, 1.165) is 30.7 Å². The molecule has 0 saturated carbocycles. The third-order valence-electron chi connectivity index (χ3n) is 4.60. The highest BCUT2D eigenvalue weighted by Crippen LogP contribution is 2.26. The molecular weight excluding hydrogens is 340 g/mol. The highest BCUT2D eigenvalue weighted by atomic mass is 32.1. The lowest BCUT2D eigenvalue weighted by Gasteiger charge is -2.32. The van der Waals surface area contributed by atoms with Gasteiger partial charge in [-0.05, 0) is 32.6 Å². The zero-order chi connectivity index (χ0) is 18.0. The average Bonchev–Trinajstić information content (AvgIpc) is 3.21. The number of amides is 1. The summed E-state index contributed by atoms with van der Waals surface area (Å²) in [5.41, 5.74) is 0.913. The molecule has 0 radical (unpaired) electrons. The first kappa shape index (κ1) is 17.6. The molecule has 25 heavy (non-hydrogen) atoms. The van der Waals surface area contributed by atoms with Crippen molar-refractivity contribution in [3.8, 4) is 0 Å². The molecule has 1 aliphatic heterocycles. The minimum Gasteiger partial charge on any atom is -0.478 e. The van der Waals surface area contributed by atoms with Crippen LogP contribution < -0.4 is 0 Å². The number of carboxylic acid groups (broad SMARTS) is 1. The zero-order valence-electron chi connectivity index (χ0n) is 14.4. The first-order valence-corrected chi connectivity index (χ1v) is 9.34. The SMILES string of the molecule is CCCc1ncc(C(=O)N2CCC(n3ncc(C(=O)O)c3C)CC2)s1. The summed E-state index contributed by atoms with van der Waals surface area (Å²) in [5, 5.41) is 14.4. The molecule has 0 atom stereocenters. The summed E-state index contributed by atoms with van der Waals surface area (Å²) in [4.78, 5) is 30.6. The Hall–Kier alpha value is -2.22. The molecule has 0 aromatic carbocycles. The number of piperidine rings is 1. The third-order valence-corrected chi connectivity index (χ3v) is 5.65. The van der Waals surface area contributed by atoms with Gasteiger partial charge in [0.1, 0.15) is 10.4 Å². The lowest BCUT2D eigenvalue weighted by Crippen LogP contribution is -2.39. The van der Waals surface area contributed by atoms with Gasteiger partial charge in [0.2, 0.25) is 0 Å². The van der Waals surface area contributed by atoms with Crippen LogP contribution in [0.4, 0.5) is 0 Å². The van der Waals surface area contributed by atoms with Gasteiger partial charge in [0.05, 0.1) is 29.1 Å². The van der Waals surface area contributed by atoms with Crippen molar-refractivity contribution in [1.29, 1.82) is 0 Å². The van der Waals surface area contributed by atoms with Crippen LogP contribution in [0, 0.1) is 6.92 Å². The van der Waals surface area contributed by atoms with Gasteiger partial charge < -0.3 is 10.0 Å². The molecule has 3 heterocycles. The molecule has 8 heteroatoms. The van der Waals surface area contributed by atoms with Gasteiger partial charge in [-0.15, -0.1) is 11.3 Å². The molecule has 2 aromatic heterocycles. The lowest BCUT2D eigenvalue weighted by molar-refractivity contribution is 0.0691. The maximum atomic E-state index is 12.6. The third kappa shape index (κ3) is 3.58. The number of carbonyl (C=O) groups excluding carboxylic acids is 1. The molecule has 7 nitrogen and oxygen atoms in total. The van der Waals surface area contributed by atoms with E-state index in [1.165, 1.54) is 17.5 Å². The molecular formula is C17H22N4O3S. The Labute approximate surface area is 150 Å². The second-order valence-corrected chi connectivity index (χ2v) is 7.40. The summed E-state index contributed by atoms with van der Waals surface area (Å²) in [6.45, 7) is 5.17. The summed E-state index contributed by atoms with van der Waals surface area (Å²) in [7, 11) is 0. The number of thiazole rings is 1. The predicted octanol–water partition coefficient (Wildman–Crippen LogP) is 2.78. The van der Waals surface area contributed by atoms with Crippen LogP contribution >= 0.6 is 11.3 Å². The van der Waals surface area contributed by atoms with Gasteiger partial charge in [-0.1, -0.05) is 6.92 Å². The van der Waals surface area contributed by atoms with Gasteiger partial charge in [-0.25, -0.2) is 9.78 Å². The topological polar surface area (TPSA) is 88.3 Å². The molecule has 134 valence electrons. The van der Waals surface area contributed by atoms with Crippen molar-refractivity contribution in [3.05, 3.63) is 33.5 Å². The van der Waals surface area contributed by atoms with Crippen molar-refractivity contribution in [2.45, 2.75) is 45.6 Å². The van der Waals surface area contributed by atoms with Crippen LogP contribution in [0.3, 0.4) is 0 Å². The molecule has 1 fully saturated rings. The summed E-state index contributed by atoms with van der Waals surface area (Å²) >= 11 is 1.48. The number of aromatic carboxylic acids is 1. The fourth-order valence-corrected chi connectivity index (χ4v) is 4.20. The fourth-order valence-electron chi connectivity index (χ4n) is 3.21. The molecule has 3 rings (SSSR count). The summed E-state index contributed by atoms with van der Waals surface area (Å²) in [6, 6.07) is 0.134. The van der Waals surface area contributed by atoms with Gasteiger partial charge in [0.15, 0.2) is 0 Å². The molecule has 1 N–H and O–H groups in total. The highest BCUT2D eigenvalue weighted by Gasteiger charge is 2.27. The standard InChI is InChI=1S/C17H22N4O3S/c1-3-4-15-18-10-14(25-15)16(22)20-7-5-12(6-8-20)21-11(2)13(9-19-21)17(23)24/h9-10,12H,3-8H2,1-2H3,(H,23,24). The quantitative estimate of drug-likeness (QED) is 0.883. The number of carboxylic acids is 1. The van der Waals surface area contributed by atoms with E-state index >= 15 is 0 Å². The molecule has 0 spiro atoms. The van der Waals surface area contributed by atoms with Gasteiger partial charge in [0.25, 0.3) is 5.91 Å². The monoisotopic (exact) mass is 362 g/mol. The largest absolute Gasteiger partial charge is 0.478 e. The Morgan fingerprint density at radius 3 is 2.64 bits per heavy atom. The summed E-state index contributed by atoms with van der Waals surface area (Å²) < 4.78 is 1.79. The Morgan fingerprint density at radius 2 is 2.04 bits per heavy atom. The minimum atomic E-state index is -0.954. The van der Waals surface area contributed by atoms with Crippen LogP contribution in [-0.4, -0.2) is 49.7 Å². The van der Waals surface area contributed by atoms with E-state index in [-0.39, 0.29) is 17.5 Å². The number of aryl methyl sites for hydroxylation is 1. The van der Waals surface area contributed by atoms with Crippen molar-refractivity contribution in [2.24, 2.45) is 0 Å². The van der Waals surface area contributed by atoms with Gasteiger partial charge in [0, 0.05) is 13.1 Å². The number of hydrogen-bond donors (Lipinski definition) is 1. The Morgan fingerprint density at radius 1 is 1.32 bits per heavy atom. The van der Waals surface area contributed by atoms with Crippen LogP contribution in [0.1, 0.15) is 63.0 Å². The van der Waals surface area contributed by atoms with Crippen molar-refractivity contribution in [3.63, 3.8) is 0 Å². The average molecular weight is 362 g/mol. The van der Waals surface area contributed by atoms with Crippen LogP contribution in [-0.2, 0) is 6.42 Å². The van der Waals surface area contributed by atoms with Gasteiger partial charge in [-0.3, -0.25) is 9.48 Å². The molecule has 0 unspecified atom stereocenters. The van der Waals surface area contributed by atoms with E-state index in [9.17, 15) is 9.59 Å². The highest BCUT2D eigenvalue weighted by molar-refractivity contribution is 7.13. The Kier molecular flexibility index (Phi) is 5.17. The number of rotatable bonds is 5. The minimum absolute atomic E-state index is 0.0433.